The fraction of sp³-hybridized carbons (Fsp3) is 0.200. The van der Waals surface area contributed by atoms with Crippen molar-refractivity contribution in [2.75, 3.05) is 0 Å². The molecule has 0 fully saturated rings. The third kappa shape index (κ3) is 2.62. The van der Waals surface area contributed by atoms with Gasteiger partial charge in [-0.1, -0.05) is 24.3 Å². The minimum absolute atomic E-state index is 0.591. The van der Waals surface area contributed by atoms with Crippen LogP contribution in [0.15, 0.2) is 48.7 Å². The molecule has 1 N–H and O–H groups in total. The highest BCUT2D eigenvalue weighted by atomic mass is 19.4. The van der Waals surface area contributed by atoms with Gasteiger partial charge in [0.25, 0.3) is 0 Å². The summed E-state index contributed by atoms with van der Waals surface area (Å²) >= 11 is 0. The van der Waals surface area contributed by atoms with Crippen LogP contribution in [0, 0.1) is 0 Å². The average Bonchev–Trinajstić information content (AvgIpc) is 2.93. The molecule has 0 unspecified atom stereocenters. The summed E-state index contributed by atoms with van der Waals surface area (Å²) in [7, 11) is 0. The van der Waals surface area contributed by atoms with Gasteiger partial charge in [0.15, 0.2) is 0 Å². The third-order valence-corrected chi connectivity index (χ3v) is 4.65. The summed E-state index contributed by atoms with van der Waals surface area (Å²) in [5, 5.41) is 1.20. The first-order valence-corrected chi connectivity index (χ1v) is 7.99. The van der Waals surface area contributed by atoms with Crippen molar-refractivity contribution in [3.05, 3.63) is 70.9 Å². The van der Waals surface area contributed by atoms with Crippen LogP contribution in [0.4, 0.5) is 13.2 Å². The Morgan fingerprint density at radius 2 is 1.83 bits per heavy atom. The van der Waals surface area contributed by atoms with Crippen LogP contribution < -0.4 is 0 Å². The lowest BCUT2D eigenvalue weighted by molar-refractivity contribution is -0.137. The summed E-state index contributed by atoms with van der Waals surface area (Å²) in [5.74, 6) is 0. The number of H-pyrrole nitrogens is 1. The summed E-state index contributed by atoms with van der Waals surface area (Å²) in [4.78, 5) is 3.21. The maximum atomic E-state index is 13.0. The lowest BCUT2D eigenvalue weighted by Gasteiger charge is -2.10. The Morgan fingerprint density at radius 3 is 2.67 bits per heavy atom. The van der Waals surface area contributed by atoms with Crippen LogP contribution in [-0.2, 0) is 12.6 Å². The van der Waals surface area contributed by atoms with Crippen LogP contribution in [0.3, 0.4) is 0 Å². The number of aromatic nitrogens is 1. The predicted octanol–water partition coefficient (Wildman–Crippen LogP) is 6.06. The normalized spacial score (nSPS) is 15.0. The number of fused-ring (bicyclic) bond motifs is 3. The molecule has 0 atom stereocenters. The first kappa shape index (κ1) is 15.1. The quantitative estimate of drug-likeness (QED) is 0.559. The van der Waals surface area contributed by atoms with E-state index in [1.54, 1.807) is 6.07 Å². The third-order valence-electron chi connectivity index (χ3n) is 4.65. The monoisotopic (exact) mass is 327 g/mol. The first-order valence-electron chi connectivity index (χ1n) is 7.99. The second-order valence-electron chi connectivity index (χ2n) is 6.17. The second-order valence-corrected chi connectivity index (χ2v) is 6.17. The van der Waals surface area contributed by atoms with Gasteiger partial charge in [-0.2, -0.15) is 13.2 Å². The van der Waals surface area contributed by atoms with E-state index in [1.165, 1.54) is 23.1 Å². The lowest BCUT2D eigenvalue weighted by atomic mass is 9.98. The topological polar surface area (TPSA) is 15.8 Å². The molecule has 1 aliphatic rings. The van der Waals surface area contributed by atoms with E-state index >= 15 is 0 Å². The molecule has 3 aromatic rings. The number of halogens is 3. The van der Waals surface area contributed by atoms with E-state index in [4.69, 9.17) is 0 Å². The molecule has 2 aromatic carbocycles. The molecule has 0 saturated heterocycles. The molecule has 1 aromatic heterocycles. The van der Waals surface area contributed by atoms with E-state index in [9.17, 15) is 13.2 Å². The van der Waals surface area contributed by atoms with Crippen molar-refractivity contribution in [3.8, 4) is 0 Å². The largest absolute Gasteiger partial charge is 0.416 e. The number of hydrogen-bond donors (Lipinski definition) is 1. The van der Waals surface area contributed by atoms with Crippen molar-refractivity contribution in [2.45, 2.75) is 25.4 Å². The molecule has 1 aliphatic carbocycles. The maximum Gasteiger partial charge on any atom is 0.416 e. The van der Waals surface area contributed by atoms with Crippen molar-refractivity contribution in [1.82, 2.24) is 4.98 Å². The molecule has 0 bridgehead atoms. The highest BCUT2D eigenvalue weighted by Gasteiger charge is 2.30. The van der Waals surface area contributed by atoms with Gasteiger partial charge in [0, 0.05) is 17.1 Å². The fourth-order valence-corrected chi connectivity index (χ4v) is 3.47. The molecule has 1 heterocycles. The predicted molar refractivity (Wildman–Crippen MR) is 90.6 cm³/mol. The summed E-state index contributed by atoms with van der Waals surface area (Å²) in [6.07, 6.45) is 2.30. The standard InChI is InChI=1S/C20H16F3N/c21-20(22,23)16-5-1-3-14(12-16)13-4-2-6-17-15(11-13)7-8-19-18(17)9-10-24-19/h1,3,5,7-12,24H,2,4,6H2. The summed E-state index contributed by atoms with van der Waals surface area (Å²) in [5.41, 5.74) is 4.51. The zero-order valence-electron chi connectivity index (χ0n) is 13.0. The molecular weight excluding hydrogens is 311 g/mol. The summed E-state index contributed by atoms with van der Waals surface area (Å²) in [6.45, 7) is 0. The fourth-order valence-electron chi connectivity index (χ4n) is 3.47. The Bertz CT molecular complexity index is 931. The van der Waals surface area contributed by atoms with Crippen LogP contribution in [0.5, 0.6) is 0 Å². The number of aryl methyl sites for hydroxylation is 1. The van der Waals surface area contributed by atoms with E-state index < -0.39 is 11.7 Å². The highest BCUT2D eigenvalue weighted by molar-refractivity contribution is 5.91. The van der Waals surface area contributed by atoms with E-state index in [2.05, 4.69) is 11.1 Å². The number of rotatable bonds is 1. The highest BCUT2D eigenvalue weighted by Crippen LogP contribution is 2.35. The van der Waals surface area contributed by atoms with Gasteiger partial charge in [0.1, 0.15) is 0 Å². The Labute approximate surface area is 137 Å². The van der Waals surface area contributed by atoms with E-state index in [0.29, 0.717) is 5.56 Å². The molecule has 0 aliphatic heterocycles. The molecule has 0 spiro atoms. The van der Waals surface area contributed by atoms with Crippen molar-refractivity contribution >= 4 is 22.6 Å². The minimum atomic E-state index is -4.31. The Morgan fingerprint density at radius 1 is 0.958 bits per heavy atom. The molecule has 1 nitrogen and oxygen atoms in total. The molecule has 0 saturated carbocycles. The molecular formula is C20H16F3N. The van der Waals surface area contributed by atoms with Gasteiger partial charge < -0.3 is 4.98 Å². The van der Waals surface area contributed by atoms with Gasteiger partial charge in [0.05, 0.1) is 5.56 Å². The van der Waals surface area contributed by atoms with Crippen LogP contribution in [0.2, 0.25) is 0 Å². The number of allylic oxidation sites excluding steroid dienone is 1. The van der Waals surface area contributed by atoms with Crippen molar-refractivity contribution in [1.29, 1.82) is 0 Å². The second kappa shape index (κ2) is 5.55. The van der Waals surface area contributed by atoms with Gasteiger partial charge in [-0.3, -0.25) is 0 Å². The zero-order chi connectivity index (χ0) is 16.7. The molecule has 4 rings (SSSR count). The van der Waals surface area contributed by atoms with Crippen molar-refractivity contribution < 1.29 is 13.2 Å². The van der Waals surface area contributed by atoms with E-state index in [0.717, 1.165) is 42.0 Å². The average molecular weight is 327 g/mol. The van der Waals surface area contributed by atoms with Crippen LogP contribution in [-0.4, -0.2) is 4.98 Å². The van der Waals surface area contributed by atoms with Crippen LogP contribution in [0.1, 0.15) is 35.1 Å². The number of aromatic amines is 1. The molecule has 122 valence electrons. The molecule has 4 heteroatoms. The van der Waals surface area contributed by atoms with Gasteiger partial charge in [-0.25, -0.2) is 0 Å². The van der Waals surface area contributed by atoms with Crippen LogP contribution in [0.25, 0.3) is 22.6 Å². The van der Waals surface area contributed by atoms with Gasteiger partial charge >= 0.3 is 6.18 Å². The number of alkyl halides is 3. The van der Waals surface area contributed by atoms with E-state index in [-0.39, 0.29) is 0 Å². The van der Waals surface area contributed by atoms with Crippen molar-refractivity contribution in [2.24, 2.45) is 0 Å². The van der Waals surface area contributed by atoms with Crippen LogP contribution >= 0.6 is 0 Å². The smallest absolute Gasteiger partial charge is 0.361 e. The SMILES string of the molecule is FC(F)(F)c1cccc(C2=Cc3ccc4[nH]ccc4c3CCC2)c1. The molecule has 0 amide bonds. The molecule has 0 radical (unpaired) electrons. The number of benzene rings is 2. The Balaban J connectivity index is 1.81. The summed E-state index contributed by atoms with van der Waals surface area (Å²) in [6, 6.07) is 11.8. The molecule has 24 heavy (non-hydrogen) atoms. The summed E-state index contributed by atoms with van der Waals surface area (Å²) < 4.78 is 38.9. The Kier molecular flexibility index (Phi) is 3.48. The zero-order valence-corrected chi connectivity index (χ0v) is 13.0. The Hall–Kier alpha value is -2.49. The first-order chi connectivity index (χ1) is 11.5. The lowest BCUT2D eigenvalue weighted by Crippen LogP contribution is -2.05. The van der Waals surface area contributed by atoms with Gasteiger partial charge in [-0.05, 0) is 65.8 Å². The van der Waals surface area contributed by atoms with Gasteiger partial charge in [-0.15, -0.1) is 0 Å². The minimum Gasteiger partial charge on any atom is -0.361 e. The van der Waals surface area contributed by atoms with Gasteiger partial charge in [0.2, 0.25) is 0 Å². The maximum absolute atomic E-state index is 13.0. The van der Waals surface area contributed by atoms with E-state index in [1.807, 2.05) is 24.4 Å². The number of nitrogens with one attached hydrogen (secondary N) is 1. The number of hydrogen-bond acceptors (Lipinski definition) is 0. The van der Waals surface area contributed by atoms with Crippen molar-refractivity contribution in [3.63, 3.8) is 0 Å².